The van der Waals surface area contributed by atoms with Crippen LogP contribution < -0.4 is 10.6 Å². The van der Waals surface area contributed by atoms with Gasteiger partial charge in [0.1, 0.15) is 6.33 Å². The second-order valence-electron chi connectivity index (χ2n) is 8.03. The van der Waals surface area contributed by atoms with E-state index in [1.54, 1.807) is 37.6 Å². The monoisotopic (exact) mass is 422 g/mol. The minimum absolute atomic E-state index is 0.00441. The van der Waals surface area contributed by atoms with Gasteiger partial charge in [0.05, 0.1) is 18.5 Å². The second kappa shape index (κ2) is 8.10. The summed E-state index contributed by atoms with van der Waals surface area (Å²) >= 11 is 0. The number of aryl methyl sites for hydroxylation is 1. The third kappa shape index (κ3) is 3.46. The number of aromatic nitrogens is 7. The summed E-state index contributed by atoms with van der Waals surface area (Å²) in [4.78, 5) is 32.9. The zero-order chi connectivity index (χ0) is 21.4. The zero-order valence-corrected chi connectivity index (χ0v) is 17.8. The molecule has 31 heavy (non-hydrogen) atoms. The van der Waals surface area contributed by atoms with E-state index in [-0.39, 0.29) is 5.69 Å². The van der Waals surface area contributed by atoms with Crippen molar-refractivity contribution in [1.29, 1.82) is 0 Å². The number of methoxy groups -OCH3 is 1. The van der Waals surface area contributed by atoms with Crippen molar-refractivity contribution < 1.29 is 4.74 Å². The van der Waals surface area contributed by atoms with Crippen molar-refractivity contribution in [3.8, 4) is 0 Å². The van der Waals surface area contributed by atoms with Gasteiger partial charge in [0.15, 0.2) is 22.6 Å². The lowest BCUT2D eigenvalue weighted by Gasteiger charge is -2.32. The van der Waals surface area contributed by atoms with E-state index in [1.165, 1.54) is 0 Å². The summed E-state index contributed by atoms with van der Waals surface area (Å²) in [5, 5.41) is 0. The molecule has 162 valence electrons. The number of fused-ring (bicyclic) bond motifs is 2. The summed E-state index contributed by atoms with van der Waals surface area (Å²) in [6, 6.07) is 3.80. The Hall–Kier alpha value is -3.27. The molecule has 0 unspecified atom stereocenters. The van der Waals surface area contributed by atoms with Crippen LogP contribution in [0.2, 0.25) is 0 Å². The Morgan fingerprint density at radius 2 is 1.97 bits per heavy atom. The molecular weight excluding hydrogens is 396 g/mol. The first-order valence-electron chi connectivity index (χ1n) is 10.6. The quantitative estimate of drug-likeness (QED) is 0.464. The fraction of sp³-hybridized carbons (Fsp3) is 0.476. The first-order chi connectivity index (χ1) is 15.2. The largest absolute Gasteiger partial charge is 0.383 e. The lowest BCUT2D eigenvalue weighted by Crippen LogP contribution is -2.37. The molecule has 1 saturated heterocycles. The van der Waals surface area contributed by atoms with Crippen LogP contribution in [0.5, 0.6) is 0 Å². The number of hydrogen-bond acceptors (Lipinski definition) is 7. The molecule has 0 saturated carbocycles. The molecule has 1 fully saturated rings. The highest BCUT2D eigenvalue weighted by atomic mass is 16.5. The molecule has 4 aromatic heterocycles. The van der Waals surface area contributed by atoms with Gasteiger partial charge in [-0.15, -0.1) is 0 Å². The van der Waals surface area contributed by atoms with E-state index in [0.29, 0.717) is 25.6 Å². The van der Waals surface area contributed by atoms with Gasteiger partial charge in [0.25, 0.3) is 0 Å². The van der Waals surface area contributed by atoms with Crippen molar-refractivity contribution in [3.63, 3.8) is 0 Å². The summed E-state index contributed by atoms with van der Waals surface area (Å²) in [7, 11) is 3.49. The Morgan fingerprint density at radius 3 is 2.77 bits per heavy atom. The smallest absolute Gasteiger partial charge is 0.330 e. The van der Waals surface area contributed by atoms with Crippen LogP contribution in [0.4, 0.5) is 5.82 Å². The molecule has 10 heteroatoms. The SMILES string of the molecule is COCCn1cnc2c(N3CCC(Cn4c(=O)n(C)c5cccnc54)CC3)ncnc21. The highest BCUT2D eigenvalue weighted by molar-refractivity contribution is 5.83. The fourth-order valence-corrected chi connectivity index (χ4v) is 4.44. The number of piperidine rings is 1. The average Bonchev–Trinajstić information content (AvgIpc) is 3.33. The number of anilines is 1. The summed E-state index contributed by atoms with van der Waals surface area (Å²) < 4.78 is 10.7. The zero-order valence-electron chi connectivity index (χ0n) is 17.8. The van der Waals surface area contributed by atoms with Crippen LogP contribution in [-0.4, -0.2) is 60.4 Å². The van der Waals surface area contributed by atoms with Gasteiger partial charge in [0, 0.05) is 46.5 Å². The molecule has 0 radical (unpaired) electrons. The highest BCUT2D eigenvalue weighted by Crippen LogP contribution is 2.27. The molecule has 4 aromatic rings. The average molecular weight is 422 g/mol. The molecule has 0 atom stereocenters. The molecule has 0 spiro atoms. The molecule has 0 amide bonds. The summed E-state index contributed by atoms with van der Waals surface area (Å²) in [6.07, 6.45) is 7.11. The minimum Gasteiger partial charge on any atom is -0.383 e. The van der Waals surface area contributed by atoms with Crippen LogP contribution in [0.1, 0.15) is 12.8 Å². The van der Waals surface area contributed by atoms with Gasteiger partial charge in [0.2, 0.25) is 0 Å². The summed E-state index contributed by atoms with van der Waals surface area (Å²) in [6.45, 7) is 3.74. The number of imidazole rings is 2. The van der Waals surface area contributed by atoms with Gasteiger partial charge in [-0.05, 0) is 30.9 Å². The number of rotatable bonds is 6. The molecule has 0 bridgehead atoms. The van der Waals surface area contributed by atoms with Crippen molar-refractivity contribution in [2.24, 2.45) is 13.0 Å². The van der Waals surface area contributed by atoms with Crippen molar-refractivity contribution in [2.45, 2.75) is 25.9 Å². The predicted octanol–water partition coefficient (Wildman–Crippen LogP) is 1.44. The molecule has 10 nitrogen and oxygen atoms in total. The Kier molecular flexibility index (Phi) is 5.14. The van der Waals surface area contributed by atoms with E-state index < -0.39 is 0 Å². The Bertz CT molecular complexity index is 1270. The fourth-order valence-electron chi connectivity index (χ4n) is 4.44. The van der Waals surface area contributed by atoms with Gasteiger partial charge in [-0.1, -0.05) is 0 Å². The minimum atomic E-state index is -0.00441. The van der Waals surface area contributed by atoms with Crippen LogP contribution in [0, 0.1) is 5.92 Å². The third-order valence-corrected chi connectivity index (χ3v) is 6.17. The van der Waals surface area contributed by atoms with Crippen LogP contribution in [0.25, 0.3) is 22.3 Å². The van der Waals surface area contributed by atoms with E-state index in [4.69, 9.17) is 4.74 Å². The van der Waals surface area contributed by atoms with E-state index in [2.05, 4.69) is 24.8 Å². The Morgan fingerprint density at radius 1 is 1.13 bits per heavy atom. The van der Waals surface area contributed by atoms with E-state index in [0.717, 1.165) is 54.1 Å². The molecule has 0 aliphatic carbocycles. The van der Waals surface area contributed by atoms with E-state index in [9.17, 15) is 4.79 Å². The summed E-state index contributed by atoms with van der Waals surface area (Å²) in [5.41, 5.74) is 3.29. The Labute approximate surface area is 179 Å². The van der Waals surface area contributed by atoms with Crippen LogP contribution in [0.15, 0.2) is 35.8 Å². The lowest BCUT2D eigenvalue weighted by molar-refractivity contribution is 0.188. The van der Waals surface area contributed by atoms with Crippen molar-refractivity contribution in [3.05, 3.63) is 41.5 Å². The maximum Gasteiger partial charge on any atom is 0.330 e. The first-order valence-corrected chi connectivity index (χ1v) is 10.6. The van der Waals surface area contributed by atoms with Crippen molar-refractivity contribution in [2.75, 3.05) is 31.7 Å². The van der Waals surface area contributed by atoms with E-state index in [1.807, 2.05) is 21.3 Å². The molecule has 1 aliphatic rings. The summed E-state index contributed by atoms with van der Waals surface area (Å²) in [5.74, 6) is 1.29. The van der Waals surface area contributed by atoms with Gasteiger partial charge >= 0.3 is 5.69 Å². The first kappa shape index (κ1) is 19.7. The number of pyridine rings is 1. The van der Waals surface area contributed by atoms with Crippen LogP contribution in [-0.2, 0) is 24.9 Å². The van der Waals surface area contributed by atoms with Crippen LogP contribution >= 0.6 is 0 Å². The molecule has 0 aromatic carbocycles. The lowest BCUT2D eigenvalue weighted by atomic mass is 9.96. The van der Waals surface area contributed by atoms with E-state index >= 15 is 0 Å². The highest BCUT2D eigenvalue weighted by Gasteiger charge is 2.25. The second-order valence-corrected chi connectivity index (χ2v) is 8.03. The van der Waals surface area contributed by atoms with Crippen molar-refractivity contribution in [1.82, 2.24) is 33.6 Å². The van der Waals surface area contributed by atoms with Gasteiger partial charge in [-0.3, -0.25) is 9.13 Å². The standard InChI is InChI=1S/C21H26N8O2/c1-26-16-4-3-7-22-18(16)29(21(26)30)12-15-5-8-27(9-6-15)19-17-20(24-13-23-19)28(14-25-17)10-11-31-2/h3-4,7,13-15H,5-6,8-12H2,1-2H3. The third-order valence-electron chi connectivity index (χ3n) is 6.17. The number of ether oxygens (including phenoxy) is 1. The molecule has 1 aliphatic heterocycles. The predicted molar refractivity (Wildman–Crippen MR) is 117 cm³/mol. The van der Waals surface area contributed by atoms with Gasteiger partial charge in [-0.25, -0.2) is 24.7 Å². The van der Waals surface area contributed by atoms with Crippen LogP contribution in [0.3, 0.4) is 0 Å². The van der Waals surface area contributed by atoms with Gasteiger partial charge < -0.3 is 14.2 Å². The topological polar surface area (TPSA) is 95.9 Å². The molecule has 0 N–H and O–H groups in total. The molecule has 5 rings (SSSR count). The Balaban J connectivity index is 1.32. The number of hydrogen-bond donors (Lipinski definition) is 0. The molecule has 5 heterocycles. The number of nitrogens with zero attached hydrogens (tertiary/aromatic N) is 8. The maximum absolute atomic E-state index is 12.7. The van der Waals surface area contributed by atoms with Gasteiger partial charge in [-0.2, -0.15) is 0 Å². The normalized spacial score (nSPS) is 15.4. The maximum atomic E-state index is 12.7. The van der Waals surface area contributed by atoms with Crippen molar-refractivity contribution >= 4 is 28.1 Å². The molecular formula is C21H26N8O2.